The first-order valence-electron chi connectivity index (χ1n) is 7.70. The second kappa shape index (κ2) is 5.72. The van der Waals surface area contributed by atoms with Crippen LogP contribution in [0.25, 0.3) is 11.4 Å². The lowest BCUT2D eigenvalue weighted by Crippen LogP contribution is -2.31. The summed E-state index contributed by atoms with van der Waals surface area (Å²) in [6, 6.07) is 7.60. The number of imidazole rings is 2. The average molecular weight is 307 g/mol. The number of benzene rings is 1. The molecule has 3 aromatic rings. The molecule has 1 amide bonds. The Labute approximate surface area is 133 Å². The Kier molecular flexibility index (Phi) is 3.42. The van der Waals surface area contributed by atoms with Crippen molar-refractivity contribution in [3.8, 4) is 11.4 Å². The van der Waals surface area contributed by atoms with Crippen LogP contribution in [0.2, 0.25) is 0 Å². The van der Waals surface area contributed by atoms with Gasteiger partial charge in [-0.1, -0.05) is 18.2 Å². The van der Waals surface area contributed by atoms with E-state index in [2.05, 4.69) is 19.5 Å². The number of carbonyl (C=O) groups excluding carboxylic acids is 1. The molecule has 0 bridgehead atoms. The molecule has 1 aliphatic heterocycles. The van der Waals surface area contributed by atoms with Gasteiger partial charge < -0.3 is 14.5 Å². The molecule has 0 aliphatic carbocycles. The third-order valence-electron chi connectivity index (χ3n) is 4.18. The molecule has 1 aromatic carbocycles. The number of nitrogens with one attached hydrogen (secondary N) is 1. The fourth-order valence-corrected chi connectivity index (χ4v) is 3.02. The summed E-state index contributed by atoms with van der Waals surface area (Å²) in [5, 5.41) is 0. The Morgan fingerprint density at radius 1 is 1.22 bits per heavy atom. The number of rotatable bonds is 2. The van der Waals surface area contributed by atoms with Gasteiger partial charge in [-0.3, -0.25) is 4.79 Å². The van der Waals surface area contributed by atoms with E-state index in [4.69, 9.17) is 0 Å². The van der Waals surface area contributed by atoms with Crippen LogP contribution in [0, 0.1) is 0 Å². The van der Waals surface area contributed by atoms with Crippen LogP contribution in [0.1, 0.15) is 22.5 Å². The van der Waals surface area contributed by atoms with Crippen molar-refractivity contribution in [1.29, 1.82) is 0 Å². The van der Waals surface area contributed by atoms with E-state index < -0.39 is 0 Å². The number of amides is 1. The number of fused-ring (bicyclic) bond motifs is 1. The van der Waals surface area contributed by atoms with Crippen LogP contribution in [-0.4, -0.2) is 36.9 Å². The molecule has 2 aromatic heterocycles. The first-order valence-corrected chi connectivity index (χ1v) is 7.70. The van der Waals surface area contributed by atoms with Gasteiger partial charge in [0.25, 0.3) is 5.91 Å². The number of H-pyrrole nitrogens is 1. The van der Waals surface area contributed by atoms with E-state index in [1.54, 1.807) is 12.4 Å². The monoisotopic (exact) mass is 307 g/mol. The normalized spacial score (nSPS) is 14.3. The summed E-state index contributed by atoms with van der Waals surface area (Å²) in [7, 11) is 0. The van der Waals surface area contributed by atoms with Crippen LogP contribution in [0.3, 0.4) is 0 Å². The van der Waals surface area contributed by atoms with E-state index in [1.807, 2.05) is 41.7 Å². The number of hydrogen-bond donors (Lipinski definition) is 1. The van der Waals surface area contributed by atoms with Gasteiger partial charge >= 0.3 is 0 Å². The third kappa shape index (κ3) is 2.52. The van der Waals surface area contributed by atoms with Gasteiger partial charge in [0.2, 0.25) is 0 Å². The van der Waals surface area contributed by atoms with Crippen molar-refractivity contribution in [1.82, 2.24) is 24.4 Å². The van der Waals surface area contributed by atoms with Gasteiger partial charge in [0, 0.05) is 37.2 Å². The first-order chi connectivity index (χ1) is 11.3. The Hall–Kier alpha value is -2.89. The summed E-state index contributed by atoms with van der Waals surface area (Å²) >= 11 is 0. The van der Waals surface area contributed by atoms with Gasteiger partial charge in [-0.15, -0.1) is 0 Å². The average Bonchev–Trinajstić information content (AvgIpc) is 3.23. The summed E-state index contributed by atoms with van der Waals surface area (Å²) in [5.41, 5.74) is 2.59. The predicted octanol–water partition coefficient (Wildman–Crippen LogP) is 2.32. The molecule has 3 heterocycles. The SMILES string of the molecule is O=C(c1ccccc1-c1ncc[nH]1)N1CCCn2cncc2C1. The van der Waals surface area contributed by atoms with E-state index >= 15 is 0 Å². The fourth-order valence-electron chi connectivity index (χ4n) is 3.02. The van der Waals surface area contributed by atoms with E-state index in [0.29, 0.717) is 17.9 Å². The lowest BCUT2D eigenvalue weighted by molar-refractivity contribution is 0.0746. The molecular weight excluding hydrogens is 290 g/mol. The molecule has 1 aliphatic rings. The van der Waals surface area contributed by atoms with Gasteiger partial charge in [-0.05, 0) is 12.5 Å². The van der Waals surface area contributed by atoms with Crippen molar-refractivity contribution in [3.63, 3.8) is 0 Å². The van der Waals surface area contributed by atoms with Crippen LogP contribution in [-0.2, 0) is 13.1 Å². The van der Waals surface area contributed by atoms with Gasteiger partial charge in [-0.25, -0.2) is 9.97 Å². The zero-order chi connectivity index (χ0) is 15.6. The largest absolute Gasteiger partial charge is 0.345 e. The Morgan fingerprint density at radius 2 is 2.13 bits per heavy atom. The highest BCUT2D eigenvalue weighted by Gasteiger charge is 2.23. The number of aryl methyl sites for hydroxylation is 1. The maximum atomic E-state index is 13.1. The minimum atomic E-state index is 0.0339. The van der Waals surface area contributed by atoms with Gasteiger partial charge in [0.15, 0.2) is 0 Å². The number of aromatic nitrogens is 4. The summed E-state index contributed by atoms with van der Waals surface area (Å²) in [5.74, 6) is 0.750. The molecule has 0 unspecified atom stereocenters. The van der Waals surface area contributed by atoms with E-state index in [1.165, 1.54) is 0 Å². The van der Waals surface area contributed by atoms with E-state index in [-0.39, 0.29) is 5.91 Å². The predicted molar refractivity (Wildman–Crippen MR) is 85.6 cm³/mol. The molecule has 0 saturated carbocycles. The van der Waals surface area contributed by atoms with E-state index in [9.17, 15) is 4.79 Å². The summed E-state index contributed by atoms with van der Waals surface area (Å²) in [6.07, 6.45) is 8.06. The number of nitrogens with zero attached hydrogens (tertiary/aromatic N) is 4. The molecular formula is C17H17N5O. The Morgan fingerprint density at radius 3 is 3.00 bits per heavy atom. The van der Waals surface area contributed by atoms with Crippen LogP contribution in [0.4, 0.5) is 0 Å². The number of hydrogen-bond acceptors (Lipinski definition) is 3. The molecule has 0 radical (unpaired) electrons. The van der Waals surface area contributed by atoms with Gasteiger partial charge in [-0.2, -0.15) is 0 Å². The van der Waals surface area contributed by atoms with E-state index in [0.717, 1.165) is 30.8 Å². The lowest BCUT2D eigenvalue weighted by Gasteiger charge is -2.21. The molecule has 4 rings (SSSR count). The molecule has 0 saturated heterocycles. The summed E-state index contributed by atoms with van der Waals surface area (Å²) in [6.45, 7) is 2.23. The Bertz CT molecular complexity index is 821. The Balaban J connectivity index is 1.68. The number of carbonyl (C=O) groups is 1. The molecule has 23 heavy (non-hydrogen) atoms. The molecule has 116 valence electrons. The molecule has 0 fully saturated rings. The second-order valence-corrected chi connectivity index (χ2v) is 5.64. The maximum absolute atomic E-state index is 13.1. The van der Waals surface area contributed by atoms with Crippen molar-refractivity contribution in [2.24, 2.45) is 0 Å². The van der Waals surface area contributed by atoms with Crippen molar-refractivity contribution in [3.05, 3.63) is 60.4 Å². The standard InChI is InChI=1S/C17H17N5O/c23-17(21-8-3-9-22-12-18-10-13(22)11-21)15-5-2-1-4-14(15)16-19-6-7-20-16/h1-2,4-7,10,12H,3,8-9,11H2,(H,19,20). The highest BCUT2D eigenvalue weighted by atomic mass is 16.2. The maximum Gasteiger partial charge on any atom is 0.254 e. The highest BCUT2D eigenvalue weighted by molar-refractivity contribution is 6.00. The highest BCUT2D eigenvalue weighted by Crippen LogP contribution is 2.23. The van der Waals surface area contributed by atoms with Crippen molar-refractivity contribution < 1.29 is 4.79 Å². The minimum absolute atomic E-state index is 0.0339. The summed E-state index contributed by atoms with van der Waals surface area (Å²) < 4.78 is 2.12. The molecule has 6 nitrogen and oxygen atoms in total. The molecule has 1 N–H and O–H groups in total. The molecule has 6 heteroatoms. The zero-order valence-electron chi connectivity index (χ0n) is 12.6. The second-order valence-electron chi connectivity index (χ2n) is 5.64. The smallest absolute Gasteiger partial charge is 0.254 e. The first kappa shape index (κ1) is 13.8. The van der Waals surface area contributed by atoms with Crippen LogP contribution < -0.4 is 0 Å². The van der Waals surface area contributed by atoms with Crippen LogP contribution in [0.15, 0.2) is 49.2 Å². The number of aromatic amines is 1. The molecule has 0 atom stereocenters. The zero-order valence-corrected chi connectivity index (χ0v) is 12.6. The third-order valence-corrected chi connectivity index (χ3v) is 4.18. The van der Waals surface area contributed by atoms with Gasteiger partial charge in [0.1, 0.15) is 5.82 Å². The topological polar surface area (TPSA) is 66.8 Å². The van der Waals surface area contributed by atoms with Crippen LogP contribution >= 0.6 is 0 Å². The van der Waals surface area contributed by atoms with Crippen molar-refractivity contribution in [2.75, 3.05) is 6.54 Å². The minimum Gasteiger partial charge on any atom is -0.345 e. The quantitative estimate of drug-likeness (QED) is 0.790. The van der Waals surface area contributed by atoms with Crippen LogP contribution in [0.5, 0.6) is 0 Å². The lowest BCUT2D eigenvalue weighted by atomic mass is 10.1. The van der Waals surface area contributed by atoms with Crippen molar-refractivity contribution in [2.45, 2.75) is 19.5 Å². The fraction of sp³-hybridized carbons (Fsp3) is 0.235. The molecule has 0 spiro atoms. The summed E-state index contributed by atoms with van der Waals surface area (Å²) in [4.78, 5) is 26.5. The van der Waals surface area contributed by atoms with Crippen molar-refractivity contribution >= 4 is 5.91 Å². The van der Waals surface area contributed by atoms with Gasteiger partial charge in [0.05, 0.1) is 24.1 Å².